The summed E-state index contributed by atoms with van der Waals surface area (Å²) in [7, 11) is 1.55. The van der Waals surface area contributed by atoms with E-state index in [0.29, 0.717) is 52.8 Å². The number of ketones is 2. The van der Waals surface area contributed by atoms with Gasteiger partial charge in [0.1, 0.15) is 17.4 Å². The number of aryl methyl sites for hydroxylation is 2. The summed E-state index contributed by atoms with van der Waals surface area (Å²) in [5.41, 5.74) is 3.58. The molecule has 65 heavy (non-hydrogen) atoms. The minimum Gasteiger partial charge on any atom is -0.505 e. The summed E-state index contributed by atoms with van der Waals surface area (Å²) in [5, 5.41) is 19.0. The number of allylic oxidation sites excluding steroid dienone is 4. The number of nitrogens with zero attached hydrogens (tertiary/aromatic N) is 4. The normalized spacial score (nSPS) is 10.8. The van der Waals surface area contributed by atoms with Gasteiger partial charge in [0, 0.05) is 48.0 Å². The van der Waals surface area contributed by atoms with Gasteiger partial charge in [-0.15, -0.1) is 5.10 Å². The van der Waals surface area contributed by atoms with Gasteiger partial charge in [0.2, 0.25) is 0 Å². The smallest absolute Gasteiger partial charge is 0.416 e. The minimum atomic E-state index is -4.31. The SMILES string of the molecule is C=C(C(C)=O)/C(O)=C(/C)N=CC.CC.CC/C(C)=C(\C)C(=O)n1nc(-c2ccc(NC(=O)NC)cc2)nc1C.CCC(=O)CC.CCCC.CCCC.Cc1ccc(C(F)(F)F)cc1Cl. The lowest BCUT2D eigenvalue weighted by Crippen LogP contribution is -2.24. The molecule has 0 aliphatic rings. The summed E-state index contributed by atoms with van der Waals surface area (Å²) in [6.07, 6.45) is 4.71. The van der Waals surface area contributed by atoms with Gasteiger partial charge in [-0.3, -0.25) is 19.4 Å². The molecule has 366 valence electrons. The molecule has 0 saturated heterocycles. The van der Waals surface area contributed by atoms with Crippen LogP contribution in [0, 0.1) is 13.8 Å². The molecule has 0 fully saturated rings. The number of nitrogens with one attached hydrogen (secondary N) is 2. The highest BCUT2D eigenvalue weighted by atomic mass is 35.5. The number of carbonyl (C=O) groups is 4. The third-order valence-electron chi connectivity index (χ3n) is 8.74. The monoisotopic (exact) mass is 935 g/mol. The average Bonchev–Trinajstić information content (AvgIpc) is 3.70. The standard InChI is InChI=1S/C18H23N5O2.C9H13NO2.C8H6ClF3.C5H10O.2C4H10.C2H6/c1-6-11(2)12(3)17(24)23-13(4)20-16(22-23)14-7-9-15(10-8-14)21-18(25)19-5;1-5-10-7(3)9(12)6(2)8(4)11;1-5-2-3-6(4-7(5)9)8(10,11)12;1-3-5(6)4-2;2*1-3-4-2;1-2/h7-10H,6H2,1-5H3,(H2,19,21,25);5,12H,2H2,1,3-4H3;2-4H,1H3;3-4H2,1-2H3;2*3-4H2,1-2H3;1-2H3/b12-11+;9-7+,10-5?;;;;;. The first-order chi connectivity index (χ1) is 30.4. The van der Waals surface area contributed by atoms with Crippen LogP contribution in [0.5, 0.6) is 0 Å². The number of hydrogen-bond acceptors (Lipinski definition) is 8. The predicted molar refractivity (Wildman–Crippen MR) is 266 cm³/mol. The number of amides is 2. The van der Waals surface area contributed by atoms with Crippen molar-refractivity contribution in [2.45, 2.75) is 162 Å². The van der Waals surface area contributed by atoms with Crippen molar-refractivity contribution in [2.24, 2.45) is 4.99 Å². The summed E-state index contributed by atoms with van der Waals surface area (Å²) in [5.74, 6) is 0.803. The highest BCUT2D eigenvalue weighted by Crippen LogP contribution is 2.31. The summed E-state index contributed by atoms with van der Waals surface area (Å²) < 4.78 is 37.5. The van der Waals surface area contributed by atoms with Gasteiger partial charge < -0.3 is 15.7 Å². The van der Waals surface area contributed by atoms with E-state index < -0.39 is 11.7 Å². The number of halogens is 4. The number of alkyl halides is 3. The van der Waals surface area contributed by atoms with Crippen LogP contribution in [0.3, 0.4) is 0 Å². The van der Waals surface area contributed by atoms with Crippen LogP contribution in [0.2, 0.25) is 5.02 Å². The number of anilines is 1. The molecule has 3 N–H and O–H groups in total. The zero-order chi connectivity index (χ0) is 51.5. The van der Waals surface area contributed by atoms with Gasteiger partial charge in [-0.2, -0.15) is 17.9 Å². The second-order valence-corrected chi connectivity index (χ2v) is 14.2. The van der Waals surface area contributed by atoms with E-state index in [4.69, 9.17) is 11.6 Å². The molecule has 3 aromatic rings. The number of Topliss-reactive ketones (excluding diaryl/α,β-unsaturated/α-hetero) is 2. The van der Waals surface area contributed by atoms with Gasteiger partial charge in [0.25, 0.3) is 5.91 Å². The first-order valence-corrected chi connectivity index (χ1v) is 22.5. The van der Waals surface area contributed by atoms with E-state index in [1.807, 2.05) is 41.5 Å². The van der Waals surface area contributed by atoms with Gasteiger partial charge in [0.05, 0.1) is 16.8 Å². The van der Waals surface area contributed by atoms with E-state index in [1.54, 1.807) is 72.1 Å². The Bertz CT molecular complexity index is 1950. The third-order valence-corrected chi connectivity index (χ3v) is 9.15. The lowest BCUT2D eigenvalue weighted by atomic mass is 10.1. The van der Waals surface area contributed by atoms with E-state index in [0.717, 1.165) is 29.7 Å². The Morgan fingerprint density at radius 2 is 1.34 bits per heavy atom. The van der Waals surface area contributed by atoms with Crippen LogP contribution in [0.1, 0.15) is 164 Å². The van der Waals surface area contributed by atoms with Crippen LogP contribution in [0.4, 0.5) is 23.7 Å². The van der Waals surface area contributed by atoms with Crippen molar-refractivity contribution in [2.75, 3.05) is 12.4 Å². The lowest BCUT2D eigenvalue weighted by Gasteiger charge is -2.07. The van der Waals surface area contributed by atoms with E-state index in [9.17, 15) is 37.5 Å². The fourth-order valence-electron chi connectivity index (χ4n) is 3.87. The maximum absolute atomic E-state index is 12.6. The molecule has 0 aliphatic heterocycles. The number of unbranched alkanes of at least 4 members (excludes halogenated alkanes) is 2. The number of aliphatic imine (C=N–C) groups is 1. The van der Waals surface area contributed by atoms with Crippen molar-refractivity contribution in [3.8, 4) is 11.4 Å². The minimum absolute atomic E-state index is 0.0955. The molecule has 0 bridgehead atoms. The Hall–Kier alpha value is -5.37. The Morgan fingerprint density at radius 3 is 1.69 bits per heavy atom. The predicted octanol–water partition coefficient (Wildman–Crippen LogP) is 15.1. The van der Waals surface area contributed by atoms with Crippen molar-refractivity contribution in [1.82, 2.24) is 20.1 Å². The van der Waals surface area contributed by atoms with Gasteiger partial charge in [-0.1, -0.05) is 118 Å². The van der Waals surface area contributed by atoms with Crippen LogP contribution in [-0.4, -0.2) is 56.6 Å². The van der Waals surface area contributed by atoms with Crippen molar-refractivity contribution >= 4 is 47.0 Å². The zero-order valence-corrected chi connectivity index (χ0v) is 42.9. The van der Waals surface area contributed by atoms with Gasteiger partial charge in [-0.05, 0) is 96.8 Å². The highest BCUT2D eigenvalue weighted by molar-refractivity contribution is 6.31. The van der Waals surface area contributed by atoms with Crippen LogP contribution >= 0.6 is 11.6 Å². The molecule has 3 rings (SSSR count). The molecule has 0 unspecified atom stereocenters. The van der Waals surface area contributed by atoms with E-state index in [1.165, 1.54) is 43.4 Å². The molecular formula is C50H78ClF3N6O5. The summed E-state index contributed by atoms with van der Waals surface area (Å²) >= 11 is 5.52. The van der Waals surface area contributed by atoms with Gasteiger partial charge >= 0.3 is 12.2 Å². The maximum atomic E-state index is 12.6. The van der Waals surface area contributed by atoms with Crippen LogP contribution in [-0.2, 0) is 15.8 Å². The molecular weight excluding hydrogens is 857 g/mol. The number of benzene rings is 2. The number of aliphatic hydroxyl groups excluding tert-OH is 1. The number of aromatic nitrogens is 3. The lowest BCUT2D eigenvalue weighted by molar-refractivity contribution is -0.137. The number of hydrogen-bond donors (Lipinski definition) is 3. The number of aliphatic hydroxyl groups is 1. The van der Waals surface area contributed by atoms with Crippen LogP contribution < -0.4 is 10.6 Å². The van der Waals surface area contributed by atoms with E-state index in [2.05, 4.69) is 60.0 Å². The molecule has 0 aliphatic carbocycles. The van der Waals surface area contributed by atoms with Gasteiger partial charge in [0.15, 0.2) is 11.6 Å². The third kappa shape index (κ3) is 28.9. The average molecular weight is 936 g/mol. The molecule has 0 atom stereocenters. The molecule has 0 radical (unpaired) electrons. The molecule has 1 heterocycles. The second kappa shape index (κ2) is 38.0. The van der Waals surface area contributed by atoms with E-state index in [-0.39, 0.29) is 34.1 Å². The Balaban J connectivity index is -0.000000391. The van der Waals surface area contributed by atoms with Crippen molar-refractivity contribution in [1.29, 1.82) is 0 Å². The first kappa shape index (κ1) is 66.2. The zero-order valence-electron chi connectivity index (χ0n) is 42.2. The topological polar surface area (TPSA) is 156 Å². The number of carbonyl (C=O) groups excluding carboxylic acids is 4. The largest absolute Gasteiger partial charge is 0.505 e. The summed E-state index contributed by atoms with van der Waals surface area (Å²) in [6.45, 7) is 33.8. The quantitative estimate of drug-likeness (QED) is 0.0748. The molecule has 0 spiro atoms. The van der Waals surface area contributed by atoms with Crippen molar-refractivity contribution < 1.29 is 37.5 Å². The summed E-state index contributed by atoms with van der Waals surface area (Å²) in [4.78, 5) is 53.0. The Kier molecular flexibility index (Phi) is 38.7. The molecule has 2 aromatic carbocycles. The van der Waals surface area contributed by atoms with Crippen LogP contribution in [0.25, 0.3) is 11.4 Å². The van der Waals surface area contributed by atoms with Gasteiger partial charge in [-0.25, -0.2) is 9.78 Å². The number of rotatable bonds is 11. The fourth-order valence-corrected chi connectivity index (χ4v) is 4.05. The molecule has 2 amide bonds. The molecule has 0 saturated carbocycles. The van der Waals surface area contributed by atoms with Crippen LogP contribution in [0.15, 0.2) is 82.2 Å². The summed E-state index contributed by atoms with van der Waals surface area (Å²) in [6, 6.07) is 10.1. The number of urea groups is 1. The Labute approximate surface area is 393 Å². The first-order valence-electron chi connectivity index (χ1n) is 22.1. The van der Waals surface area contributed by atoms with Crippen molar-refractivity contribution in [3.05, 3.63) is 99.2 Å². The van der Waals surface area contributed by atoms with E-state index >= 15 is 0 Å². The Morgan fingerprint density at radius 1 is 0.846 bits per heavy atom. The molecule has 15 heteroatoms. The molecule has 11 nitrogen and oxygen atoms in total. The molecule has 1 aromatic heterocycles. The fraction of sp³-hybridized carbons (Fsp3) is 0.500. The maximum Gasteiger partial charge on any atom is 0.416 e. The highest BCUT2D eigenvalue weighted by Gasteiger charge is 2.30. The second-order valence-electron chi connectivity index (χ2n) is 13.8. The van der Waals surface area contributed by atoms with Crippen molar-refractivity contribution in [3.63, 3.8) is 0 Å².